The highest BCUT2D eigenvalue weighted by atomic mass is 32.1. The van der Waals surface area contributed by atoms with Crippen molar-refractivity contribution in [3.63, 3.8) is 0 Å². The third-order valence-electron chi connectivity index (χ3n) is 4.39. The number of aromatic hydroxyl groups is 1. The molecule has 0 aliphatic heterocycles. The van der Waals surface area contributed by atoms with Gasteiger partial charge in [-0.3, -0.25) is 15.2 Å². The summed E-state index contributed by atoms with van der Waals surface area (Å²) in [6.07, 6.45) is 0.309. The molecular weight excluding hydrogens is 402 g/mol. The first kappa shape index (κ1) is 21.0. The predicted octanol–water partition coefficient (Wildman–Crippen LogP) is 2.64. The maximum absolute atomic E-state index is 12.5. The van der Waals surface area contributed by atoms with Crippen LogP contribution in [0.15, 0.2) is 69.3 Å². The predicted molar refractivity (Wildman–Crippen MR) is 122 cm³/mol. The van der Waals surface area contributed by atoms with Crippen molar-refractivity contribution in [1.82, 2.24) is 15.0 Å². The van der Waals surface area contributed by atoms with E-state index in [-0.39, 0.29) is 16.4 Å². The molecule has 8 nitrogen and oxygen atoms in total. The first-order chi connectivity index (χ1) is 14.4. The van der Waals surface area contributed by atoms with Crippen molar-refractivity contribution in [1.29, 1.82) is 0 Å². The molecule has 0 atom stereocenters. The zero-order chi connectivity index (χ0) is 21.7. The van der Waals surface area contributed by atoms with Gasteiger partial charge < -0.3 is 10.4 Å². The molecule has 0 aliphatic carbocycles. The van der Waals surface area contributed by atoms with Gasteiger partial charge in [-0.1, -0.05) is 43.3 Å². The molecule has 3 aromatic rings. The van der Waals surface area contributed by atoms with Crippen molar-refractivity contribution in [2.45, 2.75) is 20.3 Å². The van der Waals surface area contributed by atoms with Gasteiger partial charge in [0.25, 0.3) is 5.56 Å². The summed E-state index contributed by atoms with van der Waals surface area (Å²) in [6.45, 7) is 3.58. The van der Waals surface area contributed by atoms with E-state index in [1.807, 2.05) is 36.4 Å². The van der Waals surface area contributed by atoms with Gasteiger partial charge in [0.05, 0.1) is 11.4 Å². The highest BCUT2D eigenvalue weighted by Crippen LogP contribution is 2.20. The third kappa shape index (κ3) is 4.47. The van der Waals surface area contributed by atoms with Gasteiger partial charge in [-0.2, -0.15) is 5.10 Å². The normalized spacial score (nSPS) is 11.2. The number of para-hydroxylation sites is 2. The minimum Gasteiger partial charge on any atom is -0.493 e. The Morgan fingerprint density at radius 3 is 2.47 bits per heavy atom. The number of aryl methyl sites for hydroxylation is 1. The monoisotopic (exact) mass is 423 g/mol. The Kier molecular flexibility index (Phi) is 6.43. The van der Waals surface area contributed by atoms with Crippen LogP contribution in [0.25, 0.3) is 5.69 Å². The molecule has 1 aromatic heterocycles. The molecule has 0 fully saturated rings. The van der Waals surface area contributed by atoms with E-state index in [4.69, 9.17) is 12.2 Å². The van der Waals surface area contributed by atoms with Crippen LogP contribution in [0.1, 0.15) is 24.5 Å². The van der Waals surface area contributed by atoms with Gasteiger partial charge in [0.1, 0.15) is 5.56 Å². The molecule has 0 amide bonds. The van der Waals surface area contributed by atoms with Gasteiger partial charge in [-0.15, -0.1) is 0 Å². The molecule has 0 saturated carbocycles. The zero-order valence-electron chi connectivity index (χ0n) is 16.5. The fourth-order valence-corrected chi connectivity index (χ4v) is 3.10. The average molecular weight is 423 g/mol. The van der Waals surface area contributed by atoms with E-state index >= 15 is 0 Å². The largest absolute Gasteiger partial charge is 0.493 e. The number of aromatic amines is 1. The molecule has 1 heterocycles. The molecule has 30 heavy (non-hydrogen) atoms. The van der Waals surface area contributed by atoms with Gasteiger partial charge in [-0.05, 0) is 49.3 Å². The van der Waals surface area contributed by atoms with Crippen LogP contribution in [0.5, 0.6) is 5.88 Å². The third-order valence-corrected chi connectivity index (χ3v) is 4.58. The maximum Gasteiger partial charge on any atom is 0.335 e. The van der Waals surface area contributed by atoms with Crippen LogP contribution in [0, 0.1) is 6.92 Å². The highest BCUT2D eigenvalue weighted by Gasteiger charge is 2.20. The van der Waals surface area contributed by atoms with Crippen molar-refractivity contribution in [2.24, 2.45) is 5.10 Å². The summed E-state index contributed by atoms with van der Waals surface area (Å²) in [5, 5.41) is 18.2. The fourth-order valence-electron chi connectivity index (χ4n) is 2.93. The van der Waals surface area contributed by atoms with E-state index in [0.717, 1.165) is 15.8 Å². The van der Waals surface area contributed by atoms with Crippen LogP contribution in [-0.4, -0.2) is 25.5 Å². The first-order valence-electron chi connectivity index (χ1n) is 9.25. The molecular formula is C21H21N5O3S. The number of nitrogens with one attached hydrogen (secondary N) is 3. The van der Waals surface area contributed by atoms with E-state index in [1.165, 1.54) is 0 Å². The number of benzene rings is 2. The summed E-state index contributed by atoms with van der Waals surface area (Å²) >= 11 is 5.23. The number of hydrazone groups is 1. The molecule has 0 radical (unpaired) electrons. The zero-order valence-corrected chi connectivity index (χ0v) is 17.3. The van der Waals surface area contributed by atoms with E-state index in [0.29, 0.717) is 12.1 Å². The topological polar surface area (TPSA) is 112 Å². The van der Waals surface area contributed by atoms with E-state index < -0.39 is 17.1 Å². The number of hydrogen-bond acceptors (Lipinski definition) is 5. The van der Waals surface area contributed by atoms with E-state index in [2.05, 4.69) is 20.8 Å². The summed E-state index contributed by atoms with van der Waals surface area (Å²) in [4.78, 5) is 27.1. The van der Waals surface area contributed by atoms with Crippen LogP contribution < -0.4 is 22.0 Å². The van der Waals surface area contributed by atoms with Gasteiger partial charge in [-0.25, -0.2) is 9.36 Å². The maximum atomic E-state index is 12.5. The lowest BCUT2D eigenvalue weighted by Crippen LogP contribution is -2.34. The molecule has 9 heteroatoms. The number of rotatable bonds is 5. The molecule has 0 aliphatic rings. The second kappa shape index (κ2) is 9.19. The van der Waals surface area contributed by atoms with E-state index in [1.54, 1.807) is 32.0 Å². The van der Waals surface area contributed by atoms with Crippen LogP contribution >= 0.6 is 12.2 Å². The van der Waals surface area contributed by atoms with Crippen molar-refractivity contribution in [3.8, 4) is 11.6 Å². The Morgan fingerprint density at radius 1 is 1.13 bits per heavy atom. The number of H-pyrrole nitrogens is 1. The molecule has 4 N–H and O–H groups in total. The second-order valence-corrected chi connectivity index (χ2v) is 6.83. The molecule has 0 saturated heterocycles. The van der Waals surface area contributed by atoms with Crippen LogP contribution in [0.2, 0.25) is 0 Å². The Morgan fingerprint density at radius 2 is 1.80 bits per heavy atom. The lowest BCUT2D eigenvalue weighted by Gasteiger charge is -2.14. The van der Waals surface area contributed by atoms with Crippen molar-refractivity contribution in [3.05, 3.63) is 86.6 Å². The Hall–Kier alpha value is -3.72. The lowest BCUT2D eigenvalue weighted by molar-refractivity contribution is 0.429. The number of anilines is 1. The molecule has 0 bridgehead atoms. The van der Waals surface area contributed by atoms with Crippen LogP contribution in [0.4, 0.5) is 5.69 Å². The van der Waals surface area contributed by atoms with Crippen molar-refractivity contribution in [2.75, 3.05) is 5.32 Å². The first-order valence-corrected chi connectivity index (χ1v) is 9.66. The van der Waals surface area contributed by atoms with Gasteiger partial charge in [0.2, 0.25) is 5.88 Å². The smallest absolute Gasteiger partial charge is 0.335 e. The quantitative estimate of drug-likeness (QED) is 0.285. The minimum absolute atomic E-state index is 0.102. The Bertz CT molecular complexity index is 1220. The minimum atomic E-state index is -0.736. The standard InChI is InChI=1S/C21H21N5O3S/c1-3-15(24-25-20(30)22-14-10-5-4-6-11-14)17-18(27)23-21(29)26(19(17)28)16-12-8-7-9-13(16)2/h4-12,28H,3H2,1-2H3,(H2,22,25,30)(H,23,27,29)/b24-15+. The van der Waals surface area contributed by atoms with E-state index in [9.17, 15) is 14.7 Å². The summed E-state index contributed by atoms with van der Waals surface area (Å²) in [5.74, 6) is -0.484. The fraction of sp³-hybridized carbons (Fsp3) is 0.143. The van der Waals surface area contributed by atoms with Crippen molar-refractivity contribution >= 4 is 28.7 Å². The van der Waals surface area contributed by atoms with Crippen molar-refractivity contribution < 1.29 is 5.11 Å². The molecule has 0 spiro atoms. The number of hydrogen-bond donors (Lipinski definition) is 4. The molecule has 154 valence electrons. The van der Waals surface area contributed by atoms with Crippen LogP contribution in [-0.2, 0) is 0 Å². The summed E-state index contributed by atoms with van der Waals surface area (Å²) in [6, 6.07) is 16.3. The van der Waals surface area contributed by atoms with Gasteiger partial charge in [0.15, 0.2) is 5.11 Å². The molecule has 2 aromatic carbocycles. The Labute approximate surface area is 177 Å². The average Bonchev–Trinajstić information content (AvgIpc) is 2.72. The highest BCUT2D eigenvalue weighted by molar-refractivity contribution is 7.80. The summed E-state index contributed by atoms with van der Waals surface area (Å²) < 4.78 is 1.05. The van der Waals surface area contributed by atoms with Gasteiger partial charge in [0, 0.05) is 5.69 Å². The Balaban J connectivity index is 1.98. The van der Waals surface area contributed by atoms with Crippen LogP contribution in [0.3, 0.4) is 0 Å². The number of aromatic nitrogens is 2. The lowest BCUT2D eigenvalue weighted by atomic mass is 10.1. The molecule has 0 unspecified atom stereocenters. The molecule has 3 rings (SSSR count). The number of thiocarbonyl (C=S) groups is 1. The summed E-state index contributed by atoms with van der Waals surface area (Å²) in [7, 11) is 0. The summed E-state index contributed by atoms with van der Waals surface area (Å²) in [5.41, 5.74) is 3.35. The van der Waals surface area contributed by atoms with Gasteiger partial charge >= 0.3 is 5.69 Å². The SMILES string of the molecule is CC/C(=N\NC(=S)Nc1ccccc1)c1c(O)n(-c2ccccc2C)c(=O)[nH]c1=O. The second-order valence-electron chi connectivity index (χ2n) is 6.42. The number of nitrogens with zero attached hydrogens (tertiary/aromatic N) is 2.